The number of imidazole rings is 1. The van der Waals surface area contributed by atoms with Gasteiger partial charge in [0.05, 0.1) is 11.0 Å². The second kappa shape index (κ2) is 5.97. The van der Waals surface area contributed by atoms with Gasteiger partial charge in [-0.05, 0) is 31.5 Å². The van der Waals surface area contributed by atoms with Gasteiger partial charge >= 0.3 is 0 Å². The maximum absolute atomic E-state index is 4.75. The van der Waals surface area contributed by atoms with Crippen LogP contribution in [0.1, 0.15) is 26.2 Å². The molecule has 0 aliphatic carbocycles. The molecule has 19 heavy (non-hydrogen) atoms. The summed E-state index contributed by atoms with van der Waals surface area (Å²) in [6.45, 7) is 5.58. The van der Waals surface area contributed by atoms with E-state index in [9.17, 15) is 0 Å². The molecule has 1 aliphatic heterocycles. The molecule has 0 radical (unpaired) electrons. The second-order valence-corrected chi connectivity index (χ2v) is 6.39. The van der Waals surface area contributed by atoms with Crippen molar-refractivity contribution in [3.8, 4) is 0 Å². The zero-order chi connectivity index (χ0) is 13.1. The molecule has 1 atom stereocenters. The first-order valence-corrected chi connectivity index (χ1v) is 8.09. The van der Waals surface area contributed by atoms with Crippen LogP contribution in [0.15, 0.2) is 29.4 Å². The number of hydrogen-bond acceptors (Lipinski definition) is 3. The summed E-state index contributed by atoms with van der Waals surface area (Å²) >= 11 is 1.93. The molecule has 1 aromatic heterocycles. The zero-order valence-electron chi connectivity index (χ0n) is 11.4. The number of nitrogens with one attached hydrogen (secondary N) is 1. The zero-order valence-corrected chi connectivity index (χ0v) is 12.2. The Bertz CT molecular complexity index is 549. The molecule has 1 unspecified atom stereocenters. The number of aryl methyl sites for hydroxylation is 1. The van der Waals surface area contributed by atoms with Gasteiger partial charge in [0.15, 0.2) is 5.16 Å². The lowest BCUT2D eigenvalue weighted by Gasteiger charge is -2.23. The third kappa shape index (κ3) is 2.79. The molecular formula is C15H21N3S. The predicted molar refractivity (Wildman–Crippen MR) is 81.8 cm³/mol. The molecule has 1 aromatic carbocycles. The summed E-state index contributed by atoms with van der Waals surface area (Å²) in [5, 5.41) is 5.42. The molecule has 0 amide bonds. The number of unbranched alkanes of at least 4 members (excludes halogenated alkanes) is 1. The van der Waals surface area contributed by atoms with E-state index in [1.54, 1.807) is 0 Å². The van der Waals surface area contributed by atoms with Crippen molar-refractivity contribution in [3.63, 3.8) is 0 Å². The van der Waals surface area contributed by atoms with Crippen LogP contribution in [-0.4, -0.2) is 27.9 Å². The number of fused-ring (bicyclic) bond motifs is 3. The number of nitrogens with zero attached hydrogens (tertiary/aromatic N) is 2. The van der Waals surface area contributed by atoms with Gasteiger partial charge in [-0.3, -0.25) is 0 Å². The summed E-state index contributed by atoms with van der Waals surface area (Å²) in [7, 11) is 0. The van der Waals surface area contributed by atoms with E-state index in [-0.39, 0.29) is 0 Å². The van der Waals surface area contributed by atoms with Crippen LogP contribution in [0.3, 0.4) is 0 Å². The molecule has 102 valence electrons. The van der Waals surface area contributed by atoms with E-state index >= 15 is 0 Å². The van der Waals surface area contributed by atoms with Gasteiger partial charge in [-0.15, -0.1) is 0 Å². The summed E-state index contributed by atoms with van der Waals surface area (Å²) in [6.07, 6.45) is 3.77. The Morgan fingerprint density at radius 3 is 3.21 bits per heavy atom. The topological polar surface area (TPSA) is 29.9 Å². The number of hydrogen-bond donors (Lipinski definition) is 1. The van der Waals surface area contributed by atoms with E-state index in [4.69, 9.17) is 4.98 Å². The van der Waals surface area contributed by atoms with E-state index in [0.717, 1.165) is 25.2 Å². The van der Waals surface area contributed by atoms with Crippen molar-refractivity contribution >= 4 is 22.8 Å². The molecule has 2 aromatic rings. The van der Waals surface area contributed by atoms with Crippen molar-refractivity contribution in [2.45, 2.75) is 43.1 Å². The highest BCUT2D eigenvalue weighted by Crippen LogP contribution is 2.33. The molecule has 0 bridgehead atoms. The van der Waals surface area contributed by atoms with Crippen LogP contribution in [-0.2, 0) is 6.54 Å². The van der Waals surface area contributed by atoms with Crippen LogP contribution < -0.4 is 5.32 Å². The lowest BCUT2D eigenvalue weighted by Crippen LogP contribution is -2.29. The Balaban J connectivity index is 1.67. The third-order valence-corrected chi connectivity index (χ3v) is 4.90. The van der Waals surface area contributed by atoms with Crippen molar-refractivity contribution in [3.05, 3.63) is 24.3 Å². The van der Waals surface area contributed by atoms with Gasteiger partial charge in [0.25, 0.3) is 0 Å². The fourth-order valence-electron chi connectivity index (χ4n) is 2.55. The molecule has 4 heteroatoms. The van der Waals surface area contributed by atoms with Crippen LogP contribution in [0.5, 0.6) is 0 Å². The number of thioether (sulfide) groups is 1. The number of rotatable bonds is 5. The molecule has 0 fully saturated rings. The standard InChI is InChI=1S/C15H21N3S/c1-2-3-9-16-11-12-8-10-18-14-7-5-4-6-13(14)17-15(18)19-12/h4-7,12,16H,2-3,8-11H2,1H3. The first-order valence-electron chi connectivity index (χ1n) is 7.21. The number of benzene rings is 1. The Hall–Kier alpha value is -1.00. The largest absolute Gasteiger partial charge is 0.319 e. The highest BCUT2D eigenvalue weighted by atomic mass is 32.2. The fraction of sp³-hybridized carbons (Fsp3) is 0.533. The number of aromatic nitrogens is 2. The Labute approximate surface area is 118 Å². The van der Waals surface area contributed by atoms with Gasteiger partial charge in [0.2, 0.25) is 0 Å². The highest BCUT2D eigenvalue weighted by molar-refractivity contribution is 7.99. The lowest BCUT2D eigenvalue weighted by molar-refractivity contribution is 0.536. The monoisotopic (exact) mass is 275 g/mol. The normalized spacial score (nSPS) is 18.7. The van der Waals surface area contributed by atoms with Gasteiger partial charge in [0.1, 0.15) is 0 Å². The maximum atomic E-state index is 4.75. The molecular weight excluding hydrogens is 254 g/mol. The quantitative estimate of drug-likeness (QED) is 0.849. The molecule has 3 nitrogen and oxygen atoms in total. The number of para-hydroxylation sites is 2. The highest BCUT2D eigenvalue weighted by Gasteiger charge is 2.22. The van der Waals surface area contributed by atoms with Crippen LogP contribution in [0.2, 0.25) is 0 Å². The van der Waals surface area contributed by atoms with E-state index in [0.29, 0.717) is 5.25 Å². The average Bonchev–Trinajstić information content (AvgIpc) is 2.81. The van der Waals surface area contributed by atoms with Crippen LogP contribution >= 0.6 is 11.8 Å². The van der Waals surface area contributed by atoms with Crippen LogP contribution in [0, 0.1) is 0 Å². The molecule has 2 heterocycles. The molecule has 3 rings (SSSR count). The first kappa shape index (κ1) is 13.0. The van der Waals surface area contributed by atoms with Gasteiger partial charge in [-0.2, -0.15) is 0 Å². The maximum Gasteiger partial charge on any atom is 0.169 e. The molecule has 1 N–H and O–H groups in total. The van der Waals surface area contributed by atoms with Gasteiger partial charge in [-0.1, -0.05) is 37.2 Å². The van der Waals surface area contributed by atoms with Crippen molar-refractivity contribution < 1.29 is 0 Å². The summed E-state index contributed by atoms with van der Waals surface area (Å²) in [5.41, 5.74) is 2.41. The predicted octanol–water partition coefficient (Wildman–Crippen LogP) is 3.29. The van der Waals surface area contributed by atoms with Crippen molar-refractivity contribution in [2.75, 3.05) is 13.1 Å². The van der Waals surface area contributed by atoms with Crippen LogP contribution in [0.25, 0.3) is 11.0 Å². The third-order valence-electron chi connectivity index (χ3n) is 3.65. The molecule has 0 spiro atoms. The fourth-order valence-corrected chi connectivity index (χ4v) is 3.74. The van der Waals surface area contributed by atoms with Crippen LogP contribution in [0.4, 0.5) is 0 Å². The Morgan fingerprint density at radius 1 is 1.42 bits per heavy atom. The Kier molecular flexibility index (Phi) is 4.09. The Morgan fingerprint density at radius 2 is 2.32 bits per heavy atom. The smallest absolute Gasteiger partial charge is 0.169 e. The van der Waals surface area contributed by atoms with Gasteiger partial charge in [0, 0.05) is 18.3 Å². The molecule has 0 saturated heterocycles. The molecule has 1 aliphatic rings. The van der Waals surface area contributed by atoms with Gasteiger partial charge in [-0.25, -0.2) is 4.98 Å². The van der Waals surface area contributed by atoms with Crippen molar-refractivity contribution in [1.82, 2.24) is 14.9 Å². The average molecular weight is 275 g/mol. The minimum Gasteiger partial charge on any atom is -0.319 e. The summed E-state index contributed by atoms with van der Waals surface area (Å²) in [5.74, 6) is 0. The van der Waals surface area contributed by atoms with E-state index in [1.807, 2.05) is 11.8 Å². The minimum absolute atomic E-state index is 0.668. The van der Waals surface area contributed by atoms with Crippen molar-refractivity contribution in [1.29, 1.82) is 0 Å². The van der Waals surface area contributed by atoms with E-state index in [2.05, 4.69) is 41.1 Å². The lowest BCUT2D eigenvalue weighted by atomic mass is 10.2. The summed E-state index contributed by atoms with van der Waals surface area (Å²) < 4.78 is 2.36. The minimum atomic E-state index is 0.668. The summed E-state index contributed by atoms with van der Waals surface area (Å²) in [6, 6.07) is 8.44. The van der Waals surface area contributed by atoms with Crippen molar-refractivity contribution in [2.24, 2.45) is 0 Å². The molecule has 0 saturated carbocycles. The van der Waals surface area contributed by atoms with E-state index in [1.165, 1.54) is 29.9 Å². The van der Waals surface area contributed by atoms with E-state index < -0.39 is 0 Å². The summed E-state index contributed by atoms with van der Waals surface area (Å²) in [4.78, 5) is 4.75. The van der Waals surface area contributed by atoms with Gasteiger partial charge < -0.3 is 9.88 Å². The first-order chi connectivity index (χ1) is 9.38. The SMILES string of the molecule is CCCCNCC1CCn2c(nc3ccccc32)S1. The second-order valence-electron chi connectivity index (χ2n) is 5.12.